The Morgan fingerprint density at radius 3 is 1.24 bits per heavy atom. The van der Waals surface area contributed by atoms with Crippen LogP contribution < -0.4 is 104 Å². The molecule has 1 aromatic rings. The second kappa shape index (κ2) is 45.1. The van der Waals surface area contributed by atoms with Gasteiger partial charge in [0, 0.05) is 25.8 Å². The van der Waals surface area contributed by atoms with Gasteiger partial charge in [-0.2, -0.15) is 0 Å². The number of rotatable bonds is 48. The molecule has 570 valence electrons. The molecule has 39 heteroatoms. The van der Waals surface area contributed by atoms with Crippen molar-refractivity contribution in [2.24, 2.45) is 68.8 Å². The first-order valence-electron chi connectivity index (χ1n) is 33.0. The van der Waals surface area contributed by atoms with Gasteiger partial charge < -0.3 is 114 Å². The van der Waals surface area contributed by atoms with Gasteiger partial charge in [0.2, 0.25) is 94.5 Å². The van der Waals surface area contributed by atoms with Crippen LogP contribution in [-0.2, 0) is 87.9 Å². The summed E-state index contributed by atoms with van der Waals surface area (Å²) in [4.78, 5) is 229. The van der Waals surface area contributed by atoms with E-state index in [9.17, 15) is 86.6 Å². The monoisotopic (exact) mass is 1440 g/mol. The third kappa shape index (κ3) is 36.4. The van der Waals surface area contributed by atoms with E-state index in [1.165, 1.54) is 45.0 Å². The second-order valence-corrected chi connectivity index (χ2v) is 26.0. The lowest BCUT2D eigenvalue weighted by molar-refractivity contribution is -0.139. The number of nitrogens with two attached hydrogens (primary N) is 7. The van der Waals surface area contributed by atoms with Crippen LogP contribution in [0, 0.1) is 23.7 Å². The third-order valence-electron chi connectivity index (χ3n) is 14.9. The first-order valence-corrected chi connectivity index (χ1v) is 33.0. The Balaban J connectivity index is 3.44. The fraction of sp³-hybridized carbons (Fsp3) is 0.619. The number of aliphatic imine (C=N–C) groups is 1. The number of phenols is 1. The van der Waals surface area contributed by atoms with Gasteiger partial charge in [-0.05, 0) is 93.2 Å². The molecular weight excluding hydrogens is 1340 g/mol. The number of carbonyl (C=O) groups excluding carboxylic acids is 16. The van der Waals surface area contributed by atoms with Crippen molar-refractivity contribution in [3.63, 3.8) is 0 Å². The molecule has 0 bridgehead atoms. The molecule has 39 nitrogen and oxygen atoms in total. The van der Waals surface area contributed by atoms with Crippen molar-refractivity contribution in [1.82, 2.24) is 63.8 Å². The van der Waals surface area contributed by atoms with Crippen LogP contribution in [0.3, 0.4) is 0 Å². The first kappa shape index (κ1) is 89.3. The molecule has 0 saturated carbocycles. The summed E-state index contributed by atoms with van der Waals surface area (Å²) in [5.74, 6) is -19.3. The maximum Gasteiger partial charge on any atom is 0.322 e. The molecule has 11 atom stereocenters. The number of carboxylic acid groups (broad SMARTS) is 1. The number of nitrogens with zero attached hydrogens (tertiary/aromatic N) is 1. The SMILES string of the molecule is CC(C)C[C@H](NC(=O)[C@H](Cc1ccc(O)cc1)NC(=O)CNC(=O)[C@H](C)NC(=O)[C@@H](NC(=O)[C@H](CC(C)C)NC(=O)[C@H](CCC(N)=O)NC(=O)[C@H](CC(N)=O)NC(=O)[C@H](CC(N)=O)NC(=O)[C@H](CCCN=C(N)N)NC(=O)[C@@H](N)CC(C)C)C(C)C)C(=O)N[C@@H](CCC(N)=O)C(=O)NCC(=O)O. The minimum atomic E-state index is -1.97. The summed E-state index contributed by atoms with van der Waals surface area (Å²) in [6.07, 6.45) is -3.88. The lowest BCUT2D eigenvalue weighted by atomic mass is 9.99. The van der Waals surface area contributed by atoms with Gasteiger partial charge in [-0.25, -0.2) is 0 Å². The summed E-state index contributed by atoms with van der Waals surface area (Å²) >= 11 is 0. The molecular formula is C63H104N20O19. The number of hydrogen-bond acceptors (Lipinski definition) is 20. The summed E-state index contributed by atoms with van der Waals surface area (Å²) in [5.41, 5.74) is 38.9. The molecule has 0 spiro atoms. The fourth-order valence-electron chi connectivity index (χ4n) is 9.72. The number of amides is 16. The minimum absolute atomic E-state index is 0.00712. The zero-order chi connectivity index (χ0) is 77.8. The van der Waals surface area contributed by atoms with Crippen LogP contribution in [0.15, 0.2) is 29.3 Å². The summed E-state index contributed by atoms with van der Waals surface area (Å²) in [6, 6.07) is -11.2. The molecule has 0 aromatic heterocycles. The van der Waals surface area contributed by atoms with Crippen LogP contribution in [0.2, 0.25) is 0 Å². The van der Waals surface area contributed by atoms with E-state index in [1.807, 2.05) is 13.8 Å². The average molecular weight is 1450 g/mol. The van der Waals surface area contributed by atoms with Crippen molar-refractivity contribution < 1.29 is 91.7 Å². The van der Waals surface area contributed by atoms with Gasteiger partial charge in [-0.1, -0.05) is 67.5 Å². The van der Waals surface area contributed by atoms with Gasteiger partial charge in [0.05, 0.1) is 25.4 Å². The summed E-state index contributed by atoms with van der Waals surface area (Å²) in [7, 11) is 0. The normalized spacial score (nSPS) is 14.3. The molecule has 0 aliphatic rings. The Labute approximate surface area is 589 Å². The van der Waals surface area contributed by atoms with Gasteiger partial charge >= 0.3 is 5.97 Å². The van der Waals surface area contributed by atoms with Crippen molar-refractivity contribution in [3.05, 3.63) is 29.8 Å². The molecule has 16 amide bonds. The largest absolute Gasteiger partial charge is 0.508 e. The van der Waals surface area contributed by atoms with Crippen molar-refractivity contribution in [3.8, 4) is 5.75 Å². The highest BCUT2D eigenvalue weighted by Gasteiger charge is 2.37. The maximum absolute atomic E-state index is 14.2. The predicted molar refractivity (Wildman–Crippen MR) is 366 cm³/mol. The second-order valence-electron chi connectivity index (χ2n) is 26.0. The number of guanidine groups is 1. The quantitative estimate of drug-likeness (QED) is 0.0164. The number of aliphatic carboxylic acids is 1. The zero-order valence-corrected chi connectivity index (χ0v) is 58.9. The molecule has 1 rings (SSSR count). The van der Waals surface area contributed by atoms with Crippen molar-refractivity contribution in [2.75, 3.05) is 19.6 Å². The van der Waals surface area contributed by atoms with Crippen LogP contribution in [-0.4, -0.2) is 203 Å². The summed E-state index contributed by atoms with van der Waals surface area (Å²) < 4.78 is 0. The zero-order valence-electron chi connectivity index (χ0n) is 58.9. The molecule has 0 unspecified atom stereocenters. The lowest BCUT2D eigenvalue weighted by Crippen LogP contribution is -2.61. The smallest absolute Gasteiger partial charge is 0.322 e. The lowest BCUT2D eigenvalue weighted by Gasteiger charge is -2.29. The van der Waals surface area contributed by atoms with Crippen LogP contribution in [0.4, 0.5) is 0 Å². The molecule has 0 heterocycles. The standard InChI is InChI=1S/C63H104N20O19/c1-29(2)21-36(64)53(93)76-37(11-10-20-71-63(69)70)55(95)81-44(26-48(68)88)60(100)82-43(25-47(67)87)59(99)78-39(17-19-46(66)86)56(96)79-41(23-31(5)6)61(101)83-51(32(7)8)62(102)74-33(9)52(92)72-27-49(89)75-42(24-34-12-14-35(84)15-13-34)58(98)80-40(22-30(3)4)57(97)77-38(16-18-45(65)85)54(94)73-28-50(90)91/h12-15,29-33,36-44,51,84H,10-11,16-28,64H2,1-9H3,(H2,65,85)(H2,66,86)(H2,67,87)(H2,68,88)(H,72,92)(H,73,94)(H,74,102)(H,75,89)(H,76,93)(H,77,97)(H,78,99)(H,79,96)(H,80,98)(H,81,95)(H,82,100)(H,83,101)(H,90,91)(H4,69,70,71)/t33-,36-,37-,38-,39-,40-,41-,42-,43-,44-,51-/m0/s1. The van der Waals surface area contributed by atoms with Crippen molar-refractivity contribution in [2.45, 2.75) is 206 Å². The van der Waals surface area contributed by atoms with E-state index in [4.69, 9.17) is 45.2 Å². The van der Waals surface area contributed by atoms with E-state index in [0.717, 1.165) is 0 Å². The number of carbonyl (C=O) groups is 17. The summed E-state index contributed by atoms with van der Waals surface area (Å²) in [6.45, 7) is 13.1. The molecule has 0 radical (unpaired) electrons. The van der Waals surface area contributed by atoms with Crippen LogP contribution in [0.5, 0.6) is 5.75 Å². The molecule has 1 aromatic carbocycles. The number of carboxylic acids is 1. The van der Waals surface area contributed by atoms with Crippen molar-refractivity contribution >= 4 is 106 Å². The predicted octanol–water partition coefficient (Wildman–Crippen LogP) is -7.42. The number of aromatic hydroxyl groups is 1. The van der Waals surface area contributed by atoms with Gasteiger partial charge in [0.1, 0.15) is 72.7 Å². The highest BCUT2D eigenvalue weighted by Crippen LogP contribution is 2.15. The Hall–Kier alpha value is -10.8. The van der Waals surface area contributed by atoms with Crippen LogP contribution >= 0.6 is 0 Å². The Morgan fingerprint density at radius 1 is 0.412 bits per heavy atom. The average Bonchev–Trinajstić information content (AvgIpc) is 0.863. The van der Waals surface area contributed by atoms with Gasteiger partial charge in [0.25, 0.3) is 0 Å². The van der Waals surface area contributed by atoms with Crippen LogP contribution in [0.1, 0.15) is 139 Å². The minimum Gasteiger partial charge on any atom is -0.508 e. The van der Waals surface area contributed by atoms with E-state index < -0.39 is 212 Å². The molecule has 102 heavy (non-hydrogen) atoms. The van der Waals surface area contributed by atoms with E-state index >= 15 is 0 Å². The number of benzene rings is 1. The van der Waals surface area contributed by atoms with E-state index in [2.05, 4.69) is 68.8 Å². The molecule has 0 saturated heterocycles. The fourth-order valence-corrected chi connectivity index (χ4v) is 9.72. The van der Waals surface area contributed by atoms with Gasteiger partial charge in [-0.3, -0.25) is 86.5 Å². The maximum atomic E-state index is 14.2. The van der Waals surface area contributed by atoms with Crippen molar-refractivity contribution in [1.29, 1.82) is 0 Å². The van der Waals surface area contributed by atoms with E-state index in [1.54, 1.807) is 27.7 Å². The highest BCUT2D eigenvalue weighted by molar-refractivity contribution is 6.01. The summed E-state index contributed by atoms with van der Waals surface area (Å²) in [5, 5.41) is 47.8. The number of primary amides is 4. The molecule has 28 N–H and O–H groups in total. The Kier molecular flexibility index (Phi) is 39.5. The van der Waals surface area contributed by atoms with E-state index in [0.29, 0.717) is 5.56 Å². The van der Waals surface area contributed by atoms with Crippen LogP contribution in [0.25, 0.3) is 0 Å². The molecule has 0 aliphatic carbocycles. The Bertz CT molecular complexity index is 3140. The Morgan fingerprint density at radius 2 is 0.804 bits per heavy atom. The highest BCUT2D eigenvalue weighted by atomic mass is 16.4. The number of phenolic OH excluding ortho intramolecular Hbond substituents is 1. The van der Waals surface area contributed by atoms with Gasteiger partial charge in [-0.15, -0.1) is 0 Å². The number of hydrogen-bond donors (Lipinski definition) is 21. The first-order chi connectivity index (χ1) is 47.5. The van der Waals surface area contributed by atoms with E-state index in [-0.39, 0.29) is 87.4 Å². The van der Waals surface area contributed by atoms with Gasteiger partial charge in [0.15, 0.2) is 5.96 Å². The third-order valence-corrected chi connectivity index (χ3v) is 14.9. The number of nitrogens with one attached hydrogen (secondary N) is 12. The molecule has 0 aliphatic heterocycles. The molecule has 0 fully saturated rings. The topological polar surface area (TPSA) is 670 Å².